The second-order valence-corrected chi connectivity index (χ2v) is 6.22. The van der Waals surface area contributed by atoms with Crippen LogP contribution in [0.25, 0.3) is 0 Å². The van der Waals surface area contributed by atoms with Crippen molar-refractivity contribution in [3.05, 3.63) is 0 Å². The number of carbonyl (C=O) groups excluding carboxylic acids is 1. The molecule has 1 heteroatoms. The molecular formula is C16H28O. The summed E-state index contributed by atoms with van der Waals surface area (Å²) in [5, 5.41) is 0. The summed E-state index contributed by atoms with van der Waals surface area (Å²) in [6, 6.07) is 0. The fraction of sp³-hybridized carbons (Fsp3) is 0.938. The Labute approximate surface area is 106 Å². The maximum Gasteiger partial charge on any atom is 0.136 e. The summed E-state index contributed by atoms with van der Waals surface area (Å²) in [7, 11) is 0. The summed E-state index contributed by atoms with van der Waals surface area (Å²) in [5.41, 5.74) is 0. The molecular weight excluding hydrogens is 208 g/mol. The van der Waals surface area contributed by atoms with E-state index in [1.54, 1.807) is 0 Å². The van der Waals surface area contributed by atoms with Crippen LogP contribution in [-0.2, 0) is 4.79 Å². The minimum absolute atomic E-state index is 0.494. The fourth-order valence-electron chi connectivity index (χ4n) is 3.83. The zero-order valence-electron chi connectivity index (χ0n) is 11.6. The Kier molecular flexibility index (Phi) is 4.64. The highest BCUT2D eigenvalue weighted by molar-refractivity contribution is 5.84. The minimum Gasteiger partial charge on any atom is -0.299 e. The van der Waals surface area contributed by atoms with Gasteiger partial charge in [0.05, 0.1) is 0 Å². The first-order chi connectivity index (χ1) is 8.27. The number of hydrogen-bond acceptors (Lipinski definition) is 1. The average molecular weight is 236 g/mol. The molecule has 0 aromatic rings. The van der Waals surface area contributed by atoms with E-state index in [2.05, 4.69) is 13.8 Å². The van der Waals surface area contributed by atoms with Crippen LogP contribution >= 0.6 is 0 Å². The molecule has 0 heterocycles. The molecule has 0 spiro atoms. The highest BCUT2D eigenvalue weighted by atomic mass is 16.1. The number of rotatable bonds is 7. The Hall–Kier alpha value is -0.330. The summed E-state index contributed by atoms with van der Waals surface area (Å²) < 4.78 is 0. The van der Waals surface area contributed by atoms with Crippen molar-refractivity contribution in [3.63, 3.8) is 0 Å². The summed E-state index contributed by atoms with van der Waals surface area (Å²) in [6.45, 7) is 4.48. The van der Waals surface area contributed by atoms with Crippen LogP contribution in [0.3, 0.4) is 0 Å². The second kappa shape index (κ2) is 6.02. The first-order valence-electron chi connectivity index (χ1n) is 7.80. The van der Waals surface area contributed by atoms with Crippen molar-refractivity contribution >= 4 is 5.78 Å². The Morgan fingerprint density at radius 2 is 1.82 bits per heavy atom. The molecule has 0 aliphatic heterocycles. The lowest BCUT2D eigenvalue weighted by Crippen LogP contribution is -2.11. The lowest BCUT2D eigenvalue weighted by Gasteiger charge is -2.13. The number of ketones is 1. The van der Waals surface area contributed by atoms with Gasteiger partial charge in [-0.25, -0.2) is 0 Å². The van der Waals surface area contributed by atoms with Gasteiger partial charge in [-0.3, -0.25) is 4.79 Å². The predicted octanol–water partition coefficient (Wildman–Crippen LogP) is 4.60. The third kappa shape index (κ3) is 3.11. The molecule has 0 aromatic heterocycles. The Balaban J connectivity index is 1.76. The highest BCUT2D eigenvalue weighted by Gasteiger charge is 2.54. The van der Waals surface area contributed by atoms with Gasteiger partial charge in [0.2, 0.25) is 0 Å². The van der Waals surface area contributed by atoms with E-state index in [9.17, 15) is 4.79 Å². The summed E-state index contributed by atoms with van der Waals surface area (Å²) >= 11 is 0. The van der Waals surface area contributed by atoms with Crippen LogP contribution in [0, 0.1) is 23.7 Å². The van der Waals surface area contributed by atoms with E-state index in [-0.39, 0.29) is 0 Å². The van der Waals surface area contributed by atoms with Crippen molar-refractivity contribution in [2.75, 3.05) is 0 Å². The van der Waals surface area contributed by atoms with Crippen LogP contribution in [0.15, 0.2) is 0 Å². The van der Waals surface area contributed by atoms with E-state index in [1.807, 2.05) is 0 Å². The molecule has 3 unspecified atom stereocenters. The lowest BCUT2D eigenvalue weighted by atomic mass is 9.92. The second-order valence-electron chi connectivity index (χ2n) is 6.22. The van der Waals surface area contributed by atoms with Crippen molar-refractivity contribution in [1.29, 1.82) is 0 Å². The van der Waals surface area contributed by atoms with Crippen molar-refractivity contribution in [1.82, 2.24) is 0 Å². The number of hydrogen-bond donors (Lipinski definition) is 0. The van der Waals surface area contributed by atoms with Crippen LogP contribution < -0.4 is 0 Å². The maximum atomic E-state index is 12.3. The summed E-state index contributed by atoms with van der Waals surface area (Å²) in [5.74, 6) is 3.39. The quantitative estimate of drug-likeness (QED) is 0.631. The standard InChI is InChI=1S/C16H28O/c1-3-5-8-12(4-2)11-15(17)16-13-9-6-7-10-14(13)16/h12-14,16H,3-11H2,1-2H3. The van der Waals surface area contributed by atoms with Gasteiger partial charge in [-0.2, -0.15) is 0 Å². The smallest absolute Gasteiger partial charge is 0.136 e. The number of carbonyl (C=O) groups is 1. The fourth-order valence-corrected chi connectivity index (χ4v) is 3.83. The van der Waals surface area contributed by atoms with Gasteiger partial charge < -0.3 is 0 Å². The van der Waals surface area contributed by atoms with Crippen molar-refractivity contribution < 1.29 is 4.79 Å². The molecule has 0 radical (unpaired) electrons. The first-order valence-corrected chi connectivity index (χ1v) is 7.80. The van der Waals surface area contributed by atoms with Gasteiger partial charge in [-0.05, 0) is 30.6 Å². The summed E-state index contributed by atoms with van der Waals surface area (Å²) in [4.78, 5) is 12.3. The number of unbranched alkanes of at least 4 members (excludes halogenated alkanes) is 1. The third-order valence-corrected chi connectivity index (χ3v) is 5.06. The molecule has 2 aliphatic carbocycles. The normalized spacial score (nSPS) is 32.9. The van der Waals surface area contributed by atoms with Crippen molar-refractivity contribution in [3.8, 4) is 0 Å². The predicted molar refractivity (Wildman–Crippen MR) is 71.9 cm³/mol. The third-order valence-electron chi connectivity index (χ3n) is 5.06. The minimum atomic E-state index is 0.494. The Morgan fingerprint density at radius 1 is 1.18 bits per heavy atom. The summed E-state index contributed by atoms with van der Waals surface area (Å²) in [6.07, 6.45) is 11.3. The van der Waals surface area contributed by atoms with E-state index in [1.165, 1.54) is 51.4 Å². The maximum absolute atomic E-state index is 12.3. The Morgan fingerprint density at radius 3 is 2.35 bits per heavy atom. The van der Waals surface area contributed by atoms with Gasteiger partial charge in [0, 0.05) is 12.3 Å². The molecule has 2 saturated carbocycles. The van der Waals surface area contributed by atoms with Gasteiger partial charge in [0.15, 0.2) is 0 Å². The van der Waals surface area contributed by atoms with E-state index < -0.39 is 0 Å². The molecule has 0 aromatic carbocycles. The van der Waals surface area contributed by atoms with E-state index >= 15 is 0 Å². The van der Waals surface area contributed by atoms with Crippen LogP contribution in [0.2, 0.25) is 0 Å². The highest BCUT2D eigenvalue weighted by Crippen LogP contribution is 2.56. The van der Waals surface area contributed by atoms with Gasteiger partial charge in [-0.1, -0.05) is 52.4 Å². The molecule has 2 fully saturated rings. The van der Waals surface area contributed by atoms with Gasteiger partial charge in [-0.15, -0.1) is 0 Å². The Bertz CT molecular complexity index is 246. The molecule has 0 amide bonds. The first kappa shape index (κ1) is 13.1. The molecule has 17 heavy (non-hydrogen) atoms. The monoisotopic (exact) mass is 236 g/mol. The molecule has 0 saturated heterocycles. The van der Waals surface area contributed by atoms with E-state index in [0.717, 1.165) is 18.3 Å². The average Bonchev–Trinajstić information content (AvgIpc) is 3.08. The molecule has 1 nitrogen and oxygen atoms in total. The number of fused-ring (bicyclic) bond motifs is 1. The molecule has 0 N–H and O–H groups in total. The zero-order valence-corrected chi connectivity index (χ0v) is 11.6. The molecule has 0 bridgehead atoms. The SMILES string of the molecule is CCCCC(CC)CC(=O)C1C2CCCCC21. The van der Waals surface area contributed by atoms with Crippen molar-refractivity contribution in [2.24, 2.45) is 23.7 Å². The van der Waals surface area contributed by atoms with Crippen LogP contribution in [0.4, 0.5) is 0 Å². The van der Waals surface area contributed by atoms with Crippen LogP contribution in [-0.4, -0.2) is 5.78 Å². The lowest BCUT2D eigenvalue weighted by molar-refractivity contribution is -0.121. The molecule has 2 aliphatic rings. The van der Waals surface area contributed by atoms with E-state index in [4.69, 9.17) is 0 Å². The molecule has 2 rings (SSSR count). The zero-order chi connectivity index (χ0) is 12.3. The topological polar surface area (TPSA) is 17.1 Å². The molecule has 3 atom stereocenters. The van der Waals surface area contributed by atoms with Crippen LogP contribution in [0.1, 0.15) is 71.6 Å². The van der Waals surface area contributed by atoms with Crippen LogP contribution in [0.5, 0.6) is 0 Å². The van der Waals surface area contributed by atoms with Gasteiger partial charge in [0.1, 0.15) is 5.78 Å². The van der Waals surface area contributed by atoms with Crippen molar-refractivity contribution in [2.45, 2.75) is 71.6 Å². The van der Waals surface area contributed by atoms with Gasteiger partial charge >= 0.3 is 0 Å². The largest absolute Gasteiger partial charge is 0.299 e. The molecule has 98 valence electrons. The number of Topliss-reactive ketones (excluding diaryl/α,β-unsaturated/α-hetero) is 1. The van der Waals surface area contributed by atoms with Gasteiger partial charge in [0.25, 0.3) is 0 Å². The van der Waals surface area contributed by atoms with E-state index in [0.29, 0.717) is 17.6 Å².